The topological polar surface area (TPSA) is 66.0 Å². The maximum atomic E-state index is 6.84. The Bertz CT molecular complexity index is 1380. The van der Waals surface area contributed by atoms with Crippen LogP contribution in [0, 0.1) is 6.92 Å². The fourth-order valence-electron chi connectivity index (χ4n) is 5.12. The van der Waals surface area contributed by atoms with Crippen LogP contribution in [0.15, 0.2) is 48.5 Å². The van der Waals surface area contributed by atoms with E-state index in [1.165, 1.54) is 0 Å². The number of halogens is 2. The smallest absolute Gasteiger partial charge is 0.229 e. The molecule has 1 aliphatic heterocycles. The molecule has 0 saturated heterocycles. The van der Waals surface area contributed by atoms with Crippen molar-refractivity contribution in [3.05, 3.63) is 92.2 Å². The Hall–Kier alpha value is -3.02. The SMILES string of the molecule is Cc1nn(-c2ccccc2)c2c1C(c1c(Cl)cccc1Cl)c1c(nc3c(c1N)CCCC3)O2. The van der Waals surface area contributed by atoms with E-state index >= 15 is 0 Å². The van der Waals surface area contributed by atoms with Crippen molar-refractivity contribution in [2.75, 3.05) is 5.73 Å². The Morgan fingerprint density at radius 3 is 2.42 bits per heavy atom. The number of ether oxygens (including phenoxy) is 1. The molecule has 0 fully saturated rings. The Labute approximate surface area is 202 Å². The Morgan fingerprint density at radius 2 is 1.67 bits per heavy atom. The quantitative estimate of drug-likeness (QED) is 0.310. The molecule has 1 unspecified atom stereocenters. The van der Waals surface area contributed by atoms with Gasteiger partial charge in [0.25, 0.3) is 0 Å². The van der Waals surface area contributed by atoms with Crippen LogP contribution < -0.4 is 10.5 Å². The third kappa shape index (κ3) is 3.14. The molecule has 0 radical (unpaired) electrons. The zero-order chi connectivity index (χ0) is 22.7. The van der Waals surface area contributed by atoms with Gasteiger partial charge in [0, 0.05) is 27.0 Å². The first-order valence-corrected chi connectivity index (χ1v) is 11.9. The summed E-state index contributed by atoms with van der Waals surface area (Å²) in [7, 11) is 0. The van der Waals surface area contributed by atoms with Crippen molar-refractivity contribution in [1.82, 2.24) is 14.8 Å². The molecule has 3 heterocycles. The molecule has 0 spiro atoms. The lowest BCUT2D eigenvalue weighted by Crippen LogP contribution is -2.20. The average molecular weight is 477 g/mol. The van der Waals surface area contributed by atoms with Crippen molar-refractivity contribution in [3.63, 3.8) is 0 Å². The van der Waals surface area contributed by atoms with E-state index in [9.17, 15) is 0 Å². The molecule has 33 heavy (non-hydrogen) atoms. The van der Waals surface area contributed by atoms with E-state index in [1.807, 2.05) is 60.1 Å². The van der Waals surface area contributed by atoms with Gasteiger partial charge in [-0.15, -0.1) is 0 Å². The minimum Gasteiger partial charge on any atom is -0.420 e. The van der Waals surface area contributed by atoms with Crippen molar-refractivity contribution in [2.24, 2.45) is 0 Å². The Kier molecular flexibility index (Phi) is 4.86. The number of benzene rings is 2. The molecule has 2 N–H and O–H groups in total. The molecule has 0 amide bonds. The summed E-state index contributed by atoms with van der Waals surface area (Å²) in [4.78, 5) is 4.96. The third-order valence-electron chi connectivity index (χ3n) is 6.64. The molecule has 1 aliphatic carbocycles. The van der Waals surface area contributed by atoms with Crippen LogP contribution in [0.5, 0.6) is 11.8 Å². The summed E-state index contributed by atoms with van der Waals surface area (Å²) in [5, 5.41) is 6.00. The van der Waals surface area contributed by atoms with Crippen LogP contribution in [-0.4, -0.2) is 14.8 Å². The van der Waals surface area contributed by atoms with Gasteiger partial charge >= 0.3 is 0 Å². The average Bonchev–Trinajstić information content (AvgIpc) is 3.15. The van der Waals surface area contributed by atoms with Crippen LogP contribution in [0.1, 0.15) is 52.4 Å². The molecule has 2 aromatic heterocycles. The van der Waals surface area contributed by atoms with E-state index < -0.39 is 0 Å². The van der Waals surface area contributed by atoms with Gasteiger partial charge in [-0.25, -0.2) is 9.67 Å². The van der Waals surface area contributed by atoms with Crippen LogP contribution in [-0.2, 0) is 12.8 Å². The summed E-state index contributed by atoms with van der Waals surface area (Å²) in [5.41, 5.74) is 14.0. The van der Waals surface area contributed by atoms with Gasteiger partial charge in [-0.3, -0.25) is 0 Å². The number of pyridine rings is 1. The minimum atomic E-state index is -0.331. The molecule has 6 rings (SSSR count). The molecular weight excluding hydrogens is 455 g/mol. The lowest BCUT2D eigenvalue weighted by Gasteiger charge is -2.31. The van der Waals surface area contributed by atoms with Crippen LogP contribution in [0.3, 0.4) is 0 Å². The van der Waals surface area contributed by atoms with Crippen molar-refractivity contribution in [3.8, 4) is 17.4 Å². The highest BCUT2D eigenvalue weighted by molar-refractivity contribution is 6.36. The molecule has 5 nitrogen and oxygen atoms in total. The monoisotopic (exact) mass is 476 g/mol. The van der Waals surface area contributed by atoms with E-state index in [-0.39, 0.29) is 5.92 Å². The number of nitrogens with zero attached hydrogens (tertiary/aromatic N) is 3. The van der Waals surface area contributed by atoms with Gasteiger partial charge in [-0.05, 0) is 62.4 Å². The number of aromatic nitrogens is 3. The molecule has 4 aromatic rings. The largest absolute Gasteiger partial charge is 0.420 e. The number of hydrogen-bond acceptors (Lipinski definition) is 4. The molecule has 0 saturated carbocycles. The van der Waals surface area contributed by atoms with E-state index in [0.29, 0.717) is 21.8 Å². The van der Waals surface area contributed by atoms with E-state index in [0.717, 1.165) is 70.7 Å². The summed E-state index contributed by atoms with van der Waals surface area (Å²) in [6.07, 6.45) is 4.02. The van der Waals surface area contributed by atoms with Crippen LogP contribution >= 0.6 is 23.2 Å². The van der Waals surface area contributed by atoms with Crippen molar-refractivity contribution < 1.29 is 4.74 Å². The first kappa shape index (κ1) is 20.6. The summed E-state index contributed by atoms with van der Waals surface area (Å²) in [5.74, 6) is 0.802. The van der Waals surface area contributed by atoms with Crippen molar-refractivity contribution in [1.29, 1.82) is 0 Å². The number of nitrogen functional groups attached to an aromatic ring is 1. The molecular formula is C26H22Cl2N4O. The normalized spacial score (nSPS) is 16.5. The minimum absolute atomic E-state index is 0.331. The number of anilines is 1. The van der Waals surface area contributed by atoms with Gasteiger partial charge in [0.15, 0.2) is 0 Å². The highest BCUT2D eigenvalue weighted by Crippen LogP contribution is 2.54. The fourth-order valence-corrected chi connectivity index (χ4v) is 5.74. The molecule has 2 aliphatic rings. The number of fused-ring (bicyclic) bond motifs is 3. The lowest BCUT2D eigenvalue weighted by atomic mass is 9.81. The van der Waals surface area contributed by atoms with E-state index in [2.05, 4.69) is 0 Å². The number of para-hydroxylation sites is 1. The van der Waals surface area contributed by atoms with Gasteiger partial charge in [-0.2, -0.15) is 5.10 Å². The second kappa shape index (κ2) is 7.79. The zero-order valence-electron chi connectivity index (χ0n) is 18.1. The fraction of sp³-hybridized carbons (Fsp3) is 0.231. The first-order valence-electron chi connectivity index (χ1n) is 11.1. The standard InChI is InChI=1S/C26H22Cl2N4O/c1-14-20-22(21-17(27)11-7-12-18(21)28)23-24(29)16-10-5-6-13-19(16)30-25(23)33-26(20)32(31-14)15-8-3-2-4-9-15/h2-4,7-9,11-12,22H,5-6,10,13H2,1H3,(H2,29,30). The second-order valence-electron chi connectivity index (χ2n) is 8.60. The number of nitrogens with two attached hydrogens (primary N) is 1. The van der Waals surface area contributed by atoms with E-state index in [1.54, 1.807) is 0 Å². The van der Waals surface area contributed by atoms with Crippen LogP contribution in [0.2, 0.25) is 10.0 Å². The van der Waals surface area contributed by atoms with Crippen LogP contribution in [0.4, 0.5) is 5.69 Å². The summed E-state index contributed by atoms with van der Waals surface area (Å²) >= 11 is 13.5. The highest BCUT2D eigenvalue weighted by atomic mass is 35.5. The second-order valence-corrected chi connectivity index (χ2v) is 9.41. The lowest BCUT2D eigenvalue weighted by molar-refractivity contribution is 0.401. The summed E-state index contributed by atoms with van der Waals surface area (Å²) in [6, 6.07) is 15.5. The molecule has 7 heteroatoms. The van der Waals surface area contributed by atoms with Gasteiger partial charge in [0.2, 0.25) is 11.8 Å². The Balaban J connectivity index is 1.68. The molecule has 2 aromatic carbocycles. The number of hydrogen-bond donors (Lipinski definition) is 1. The van der Waals surface area contributed by atoms with Crippen LogP contribution in [0.25, 0.3) is 5.69 Å². The predicted octanol–water partition coefficient (Wildman–Crippen LogP) is 6.63. The third-order valence-corrected chi connectivity index (χ3v) is 7.30. The number of rotatable bonds is 2. The Morgan fingerprint density at radius 1 is 0.939 bits per heavy atom. The summed E-state index contributed by atoms with van der Waals surface area (Å²) < 4.78 is 8.31. The maximum Gasteiger partial charge on any atom is 0.229 e. The van der Waals surface area contributed by atoms with Crippen molar-refractivity contribution in [2.45, 2.75) is 38.5 Å². The van der Waals surface area contributed by atoms with Gasteiger partial charge in [0.05, 0.1) is 28.4 Å². The van der Waals surface area contributed by atoms with E-state index in [4.69, 9.17) is 43.8 Å². The van der Waals surface area contributed by atoms with Gasteiger partial charge in [-0.1, -0.05) is 47.5 Å². The molecule has 166 valence electrons. The predicted molar refractivity (Wildman–Crippen MR) is 131 cm³/mol. The molecule has 0 bridgehead atoms. The zero-order valence-corrected chi connectivity index (χ0v) is 19.6. The van der Waals surface area contributed by atoms with Gasteiger partial charge < -0.3 is 10.5 Å². The maximum absolute atomic E-state index is 6.84. The molecule has 1 atom stereocenters. The number of aryl methyl sites for hydroxylation is 2. The van der Waals surface area contributed by atoms with Crippen molar-refractivity contribution >= 4 is 28.9 Å². The summed E-state index contributed by atoms with van der Waals surface area (Å²) in [6.45, 7) is 1.98. The van der Waals surface area contributed by atoms with Gasteiger partial charge in [0.1, 0.15) is 0 Å². The highest BCUT2D eigenvalue weighted by Gasteiger charge is 2.40. The first-order chi connectivity index (χ1) is 16.0.